The number of fused-ring (bicyclic) bond motifs is 1. The fourth-order valence-electron chi connectivity index (χ4n) is 3.34. The van der Waals surface area contributed by atoms with Crippen LogP contribution >= 0.6 is 0 Å². The van der Waals surface area contributed by atoms with Gasteiger partial charge in [0.25, 0.3) is 11.6 Å². The van der Waals surface area contributed by atoms with Crippen LogP contribution in [0.1, 0.15) is 31.9 Å². The van der Waals surface area contributed by atoms with Gasteiger partial charge in [-0.25, -0.2) is 0 Å². The highest BCUT2D eigenvalue weighted by molar-refractivity contribution is 6.07. The van der Waals surface area contributed by atoms with E-state index in [1.54, 1.807) is 23.1 Å². The Labute approximate surface area is 152 Å². The number of non-ortho nitro benzene ring substituents is 1. The van der Waals surface area contributed by atoms with Crippen LogP contribution in [0.25, 0.3) is 11.6 Å². The van der Waals surface area contributed by atoms with Crippen molar-refractivity contribution in [3.8, 4) is 0 Å². The summed E-state index contributed by atoms with van der Waals surface area (Å²) in [6.07, 6.45) is 5.27. The van der Waals surface area contributed by atoms with Crippen LogP contribution in [0.15, 0.2) is 60.7 Å². The molecular formula is C21H20N2O3. The molecule has 0 spiro atoms. The Hall–Kier alpha value is -3.21. The van der Waals surface area contributed by atoms with Crippen molar-refractivity contribution in [3.63, 3.8) is 0 Å². The molecule has 0 saturated carbocycles. The molecule has 0 unspecified atom stereocenters. The van der Waals surface area contributed by atoms with Crippen molar-refractivity contribution in [3.05, 3.63) is 81.9 Å². The average molecular weight is 348 g/mol. The van der Waals surface area contributed by atoms with E-state index in [0.29, 0.717) is 0 Å². The molecule has 0 N–H and O–H groups in total. The summed E-state index contributed by atoms with van der Waals surface area (Å²) in [4.78, 5) is 25.0. The van der Waals surface area contributed by atoms with Gasteiger partial charge in [0.05, 0.1) is 16.1 Å². The highest BCUT2D eigenvalue weighted by atomic mass is 16.6. The smallest absolute Gasteiger partial charge is 0.269 e. The van der Waals surface area contributed by atoms with Crippen LogP contribution in [-0.2, 0) is 4.79 Å². The molecule has 0 radical (unpaired) electrons. The highest BCUT2D eigenvalue weighted by Crippen LogP contribution is 2.38. The zero-order valence-electron chi connectivity index (χ0n) is 15.0. The lowest BCUT2D eigenvalue weighted by atomic mass is 9.88. The number of carbonyl (C=O) groups is 1. The Balaban J connectivity index is 1.90. The van der Waals surface area contributed by atoms with E-state index in [-0.39, 0.29) is 11.6 Å². The minimum absolute atomic E-state index is 0.0279. The average Bonchev–Trinajstić information content (AvgIpc) is 2.59. The monoisotopic (exact) mass is 348 g/mol. The summed E-state index contributed by atoms with van der Waals surface area (Å²) in [6.45, 7) is 6.06. The van der Waals surface area contributed by atoms with Crippen molar-refractivity contribution in [2.75, 3.05) is 4.90 Å². The third kappa shape index (κ3) is 3.28. The van der Waals surface area contributed by atoms with E-state index < -0.39 is 10.5 Å². The van der Waals surface area contributed by atoms with Gasteiger partial charge in [-0.2, -0.15) is 0 Å². The molecule has 1 amide bonds. The number of carbonyl (C=O) groups excluding carboxylic acids is 1. The van der Waals surface area contributed by atoms with Crippen molar-refractivity contribution in [2.45, 2.75) is 26.3 Å². The molecule has 5 heteroatoms. The van der Waals surface area contributed by atoms with E-state index >= 15 is 0 Å². The molecule has 3 rings (SSSR count). The molecule has 5 nitrogen and oxygen atoms in total. The summed E-state index contributed by atoms with van der Waals surface area (Å²) in [5.74, 6) is -0.135. The Morgan fingerprint density at radius 3 is 2.42 bits per heavy atom. The number of nitro groups is 1. The third-order valence-electron chi connectivity index (χ3n) is 4.46. The van der Waals surface area contributed by atoms with Gasteiger partial charge in [0.1, 0.15) is 0 Å². The summed E-state index contributed by atoms with van der Waals surface area (Å²) in [6, 6.07) is 14.0. The zero-order chi connectivity index (χ0) is 18.9. The van der Waals surface area contributed by atoms with Crippen molar-refractivity contribution >= 4 is 28.9 Å². The number of anilines is 1. The van der Waals surface area contributed by atoms with Crippen molar-refractivity contribution in [2.24, 2.45) is 0 Å². The molecule has 0 atom stereocenters. The number of rotatable bonds is 3. The fraction of sp³-hybridized carbons (Fsp3) is 0.190. The Morgan fingerprint density at radius 1 is 1.12 bits per heavy atom. The van der Waals surface area contributed by atoms with Gasteiger partial charge < -0.3 is 0 Å². The first-order chi connectivity index (χ1) is 12.3. The van der Waals surface area contributed by atoms with Crippen LogP contribution in [0.4, 0.5) is 11.4 Å². The maximum Gasteiger partial charge on any atom is 0.269 e. The largest absolute Gasteiger partial charge is 0.299 e. The normalized spacial score (nSPS) is 15.5. The molecule has 1 aliphatic rings. The standard InChI is InChI=1S/C21H20N2O3/c1-15-14-21(2,3)22(19-7-5-4-6-18(15)19)20(24)13-10-16-8-11-17(12-9-16)23(25)26/h4-14H,1-3H3/b13-10+. The second kappa shape index (κ2) is 6.59. The Bertz CT molecular complexity index is 925. The molecule has 0 aliphatic carbocycles. The van der Waals surface area contributed by atoms with Gasteiger partial charge >= 0.3 is 0 Å². The summed E-state index contributed by atoms with van der Waals surface area (Å²) >= 11 is 0. The topological polar surface area (TPSA) is 63.5 Å². The maximum absolute atomic E-state index is 12.9. The van der Waals surface area contributed by atoms with Gasteiger partial charge in [0, 0.05) is 23.8 Å². The molecule has 0 aromatic heterocycles. The lowest BCUT2D eigenvalue weighted by molar-refractivity contribution is -0.384. The number of amides is 1. The van der Waals surface area contributed by atoms with Crippen LogP contribution in [0.2, 0.25) is 0 Å². The third-order valence-corrected chi connectivity index (χ3v) is 4.46. The second-order valence-corrected chi connectivity index (χ2v) is 6.85. The highest BCUT2D eigenvalue weighted by Gasteiger charge is 2.34. The Kier molecular flexibility index (Phi) is 4.47. The van der Waals surface area contributed by atoms with Gasteiger partial charge in [-0.05, 0) is 56.2 Å². The van der Waals surface area contributed by atoms with Crippen molar-refractivity contribution in [1.82, 2.24) is 0 Å². The van der Waals surface area contributed by atoms with E-state index in [4.69, 9.17) is 0 Å². The number of nitrogens with zero attached hydrogens (tertiary/aromatic N) is 2. The molecule has 1 aliphatic heterocycles. The van der Waals surface area contributed by atoms with E-state index in [9.17, 15) is 14.9 Å². The van der Waals surface area contributed by atoms with Crippen LogP contribution < -0.4 is 4.90 Å². The summed E-state index contributed by atoms with van der Waals surface area (Å²) in [5, 5.41) is 10.7. The predicted octanol–water partition coefficient (Wildman–Crippen LogP) is 4.84. The molecular weight excluding hydrogens is 328 g/mol. The molecule has 0 saturated heterocycles. The van der Waals surface area contributed by atoms with Crippen LogP contribution in [0.5, 0.6) is 0 Å². The first-order valence-electron chi connectivity index (χ1n) is 8.35. The van der Waals surface area contributed by atoms with Gasteiger partial charge in [-0.15, -0.1) is 0 Å². The van der Waals surface area contributed by atoms with Crippen molar-refractivity contribution in [1.29, 1.82) is 0 Å². The zero-order valence-corrected chi connectivity index (χ0v) is 15.0. The number of hydrogen-bond acceptors (Lipinski definition) is 3. The molecule has 2 aromatic carbocycles. The van der Waals surface area contributed by atoms with Crippen LogP contribution in [-0.4, -0.2) is 16.4 Å². The fourth-order valence-corrected chi connectivity index (χ4v) is 3.34. The number of allylic oxidation sites excluding steroid dienone is 1. The minimum atomic E-state index is -0.449. The summed E-state index contributed by atoms with van der Waals surface area (Å²) in [5.41, 5.74) is 3.39. The Morgan fingerprint density at radius 2 is 1.77 bits per heavy atom. The van der Waals surface area contributed by atoms with Gasteiger partial charge in [-0.1, -0.05) is 24.3 Å². The maximum atomic E-state index is 12.9. The van der Waals surface area contributed by atoms with E-state index in [2.05, 4.69) is 13.0 Å². The van der Waals surface area contributed by atoms with Crippen LogP contribution in [0, 0.1) is 10.1 Å². The second-order valence-electron chi connectivity index (χ2n) is 6.85. The summed E-state index contributed by atoms with van der Waals surface area (Å²) in [7, 11) is 0. The first kappa shape index (κ1) is 17.6. The van der Waals surface area contributed by atoms with E-state index in [0.717, 1.165) is 22.4 Å². The lowest BCUT2D eigenvalue weighted by Gasteiger charge is -2.41. The quantitative estimate of drug-likeness (QED) is 0.453. The number of benzene rings is 2. The molecule has 1 heterocycles. The number of para-hydroxylation sites is 1. The molecule has 0 fully saturated rings. The van der Waals surface area contributed by atoms with Gasteiger partial charge in [0.2, 0.25) is 0 Å². The molecule has 0 bridgehead atoms. The SMILES string of the molecule is CC1=CC(C)(C)N(C(=O)/C=C/c2ccc([N+](=O)[O-])cc2)c2ccccc21. The first-order valence-corrected chi connectivity index (χ1v) is 8.35. The van der Waals surface area contributed by atoms with Crippen molar-refractivity contribution < 1.29 is 9.72 Å². The number of nitro benzene ring substituents is 1. The van der Waals surface area contributed by atoms with E-state index in [1.165, 1.54) is 18.2 Å². The lowest BCUT2D eigenvalue weighted by Crippen LogP contribution is -2.48. The van der Waals surface area contributed by atoms with Gasteiger partial charge in [0.15, 0.2) is 0 Å². The van der Waals surface area contributed by atoms with Crippen LogP contribution in [0.3, 0.4) is 0 Å². The summed E-state index contributed by atoms with van der Waals surface area (Å²) < 4.78 is 0. The molecule has 2 aromatic rings. The molecule has 26 heavy (non-hydrogen) atoms. The van der Waals surface area contributed by atoms with E-state index in [1.807, 2.05) is 38.1 Å². The number of hydrogen-bond donors (Lipinski definition) is 0. The predicted molar refractivity (Wildman–Crippen MR) is 104 cm³/mol. The van der Waals surface area contributed by atoms with Gasteiger partial charge in [-0.3, -0.25) is 19.8 Å². The minimum Gasteiger partial charge on any atom is -0.299 e. The molecule has 132 valence electrons.